The molecule has 0 aliphatic heterocycles. The van der Waals surface area contributed by atoms with E-state index in [2.05, 4.69) is 25.0 Å². The summed E-state index contributed by atoms with van der Waals surface area (Å²) >= 11 is 0. The molecule has 3 nitrogen and oxygen atoms in total. The molecule has 0 aromatic heterocycles. The largest absolute Gasteiger partial charge is 0.388 e. The summed E-state index contributed by atoms with van der Waals surface area (Å²) in [4.78, 5) is 11.7. The highest BCUT2D eigenvalue weighted by atomic mass is 16.3. The van der Waals surface area contributed by atoms with Gasteiger partial charge in [0.2, 0.25) is 0 Å². The molecule has 4 rings (SSSR count). The Hall–Kier alpha value is -1.63. The average Bonchev–Trinajstić information content (AvgIpc) is 2.89. The highest BCUT2D eigenvalue weighted by molar-refractivity contribution is 5.93. The second kappa shape index (κ2) is 5.18. The van der Waals surface area contributed by atoms with E-state index in [4.69, 9.17) is 6.42 Å². The molecular weight excluding hydrogens is 300 g/mol. The topological polar surface area (TPSA) is 57.5 Å². The summed E-state index contributed by atoms with van der Waals surface area (Å²) in [6, 6.07) is 0. The lowest BCUT2D eigenvalue weighted by atomic mass is 9.56. The van der Waals surface area contributed by atoms with E-state index in [9.17, 15) is 15.0 Å². The monoisotopic (exact) mass is 324 g/mol. The number of hydrogen-bond donors (Lipinski definition) is 2. The molecule has 4 aliphatic rings. The molecule has 24 heavy (non-hydrogen) atoms. The van der Waals surface area contributed by atoms with Crippen LogP contribution in [0.5, 0.6) is 0 Å². The highest BCUT2D eigenvalue weighted by Crippen LogP contribution is 2.62. The van der Waals surface area contributed by atoms with Gasteiger partial charge < -0.3 is 10.2 Å². The predicted octanol–water partition coefficient (Wildman–Crippen LogP) is 2.69. The van der Waals surface area contributed by atoms with Gasteiger partial charge in [0.15, 0.2) is 5.78 Å². The van der Waals surface area contributed by atoms with Gasteiger partial charge in [0.1, 0.15) is 5.60 Å². The third-order valence-corrected chi connectivity index (χ3v) is 6.99. The minimum atomic E-state index is -1.09. The van der Waals surface area contributed by atoms with Crippen molar-refractivity contribution in [3.63, 3.8) is 0 Å². The van der Waals surface area contributed by atoms with Crippen LogP contribution in [0.4, 0.5) is 0 Å². The molecule has 0 amide bonds. The molecule has 1 fully saturated rings. The molecule has 0 unspecified atom stereocenters. The maximum absolute atomic E-state index is 11.7. The van der Waals surface area contributed by atoms with Gasteiger partial charge in [-0.15, -0.1) is 6.42 Å². The maximum atomic E-state index is 11.7. The highest BCUT2D eigenvalue weighted by Gasteiger charge is 2.60. The lowest BCUT2D eigenvalue weighted by molar-refractivity contribution is -0.114. The Morgan fingerprint density at radius 3 is 2.92 bits per heavy atom. The average molecular weight is 324 g/mol. The van der Waals surface area contributed by atoms with Crippen LogP contribution in [-0.2, 0) is 4.79 Å². The summed E-state index contributed by atoms with van der Waals surface area (Å²) in [7, 11) is 0. The lowest BCUT2D eigenvalue weighted by Crippen LogP contribution is -2.49. The van der Waals surface area contributed by atoms with Crippen molar-refractivity contribution in [2.75, 3.05) is 0 Å². The van der Waals surface area contributed by atoms with Gasteiger partial charge >= 0.3 is 0 Å². The summed E-state index contributed by atoms with van der Waals surface area (Å²) in [5, 5.41) is 21.7. The van der Waals surface area contributed by atoms with E-state index in [0.29, 0.717) is 25.7 Å². The van der Waals surface area contributed by atoms with Crippen LogP contribution in [-0.4, -0.2) is 27.7 Å². The van der Waals surface area contributed by atoms with Crippen molar-refractivity contribution in [1.82, 2.24) is 0 Å². The Morgan fingerprint density at radius 1 is 1.42 bits per heavy atom. The molecule has 5 atom stereocenters. The molecule has 0 aromatic carbocycles. The first-order valence-electron chi connectivity index (χ1n) is 9.01. The molecule has 0 spiro atoms. The summed E-state index contributed by atoms with van der Waals surface area (Å²) in [6.45, 7) is 2.09. The summed E-state index contributed by atoms with van der Waals surface area (Å²) in [5.41, 5.74) is 1.73. The van der Waals surface area contributed by atoms with Crippen LogP contribution in [0.3, 0.4) is 0 Å². The number of carbonyl (C=O) groups is 1. The van der Waals surface area contributed by atoms with Gasteiger partial charge in [-0.3, -0.25) is 4.79 Å². The number of rotatable bonds is 1. The normalized spacial score (nSPS) is 43.7. The molecule has 2 N–H and O–H groups in total. The zero-order valence-corrected chi connectivity index (χ0v) is 14.1. The van der Waals surface area contributed by atoms with Gasteiger partial charge in [-0.05, 0) is 66.7 Å². The summed E-state index contributed by atoms with van der Waals surface area (Å²) in [5.74, 6) is 3.25. The number of terminal acetylenes is 1. The van der Waals surface area contributed by atoms with Crippen molar-refractivity contribution in [2.45, 2.75) is 57.2 Å². The molecule has 126 valence electrons. The number of carbonyl (C=O) groups excluding carboxylic acids is 1. The van der Waals surface area contributed by atoms with E-state index in [1.165, 1.54) is 5.57 Å². The van der Waals surface area contributed by atoms with E-state index in [-0.39, 0.29) is 17.6 Å². The fourth-order valence-corrected chi connectivity index (χ4v) is 5.76. The van der Waals surface area contributed by atoms with E-state index >= 15 is 0 Å². The minimum absolute atomic E-state index is 0.108. The molecular formula is C21H24O3. The first kappa shape index (κ1) is 15.9. The van der Waals surface area contributed by atoms with Gasteiger partial charge in [0.05, 0.1) is 6.10 Å². The quantitative estimate of drug-likeness (QED) is 0.729. The molecule has 1 saturated carbocycles. The molecule has 0 bridgehead atoms. The molecule has 3 heteroatoms. The zero-order valence-electron chi connectivity index (χ0n) is 14.1. The Labute approximate surface area is 143 Å². The van der Waals surface area contributed by atoms with Gasteiger partial charge in [-0.2, -0.15) is 0 Å². The Morgan fingerprint density at radius 2 is 2.21 bits per heavy atom. The van der Waals surface area contributed by atoms with E-state index in [0.717, 1.165) is 24.0 Å². The molecule has 0 radical (unpaired) electrons. The molecule has 0 saturated heterocycles. The van der Waals surface area contributed by atoms with Crippen LogP contribution in [0.15, 0.2) is 34.9 Å². The third-order valence-electron chi connectivity index (χ3n) is 6.99. The van der Waals surface area contributed by atoms with Crippen molar-refractivity contribution in [1.29, 1.82) is 0 Å². The van der Waals surface area contributed by atoms with Gasteiger partial charge in [0, 0.05) is 11.8 Å². The van der Waals surface area contributed by atoms with Crippen molar-refractivity contribution < 1.29 is 15.0 Å². The lowest BCUT2D eigenvalue weighted by Gasteiger charge is -2.49. The zero-order chi connectivity index (χ0) is 17.1. The number of fused-ring (bicyclic) bond motifs is 4. The Kier molecular flexibility index (Phi) is 3.43. The third kappa shape index (κ3) is 1.84. The second-order valence-electron chi connectivity index (χ2n) is 7.73. The number of aliphatic hydroxyl groups is 2. The number of ketones is 1. The molecule has 0 aromatic rings. The number of hydrogen-bond acceptors (Lipinski definition) is 3. The van der Waals surface area contributed by atoms with Crippen molar-refractivity contribution in [3.8, 4) is 12.3 Å². The first-order chi connectivity index (χ1) is 11.5. The fraction of sp³-hybridized carbons (Fsp3) is 0.571. The van der Waals surface area contributed by atoms with Crippen molar-refractivity contribution in [2.24, 2.45) is 17.3 Å². The van der Waals surface area contributed by atoms with Crippen molar-refractivity contribution >= 4 is 5.78 Å². The van der Waals surface area contributed by atoms with Crippen LogP contribution in [0.25, 0.3) is 0 Å². The second-order valence-corrected chi connectivity index (χ2v) is 7.73. The molecule has 4 aliphatic carbocycles. The maximum Gasteiger partial charge on any atom is 0.156 e. The Balaban J connectivity index is 1.87. The van der Waals surface area contributed by atoms with Gasteiger partial charge in [-0.1, -0.05) is 25.0 Å². The SMILES string of the molecule is C#C[C@]1(O)CC[C@H]2[C@@H]3C[C@H](O)C4=CC(=O)CCC4=C3C=C[C@@]21CC. The molecule has 0 heterocycles. The summed E-state index contributed by atoms with van der Waals surface area (Å²) in [6.07, 6.45) is 15.2. The van der Waals surface area contributed by atoms with E-state index in [1.807, 2.05) is 0 Å². The fourth-order valence-electron chi connectivity index (χ4n) is 5.76. The van der Waals surface area contributed by atoms with Crippen LogP contribution in [0.1, 0.15) is 45.4 Å². The number of allylic oxidation sites excluding steroid dienone is 3. The van der Waals surface area contributed by atoms with Crippen LogP contribution in [0.2, 0.25) is 0 Å². The van der Waals surface area contributed by atoms with Gasteiger partial charge in [-0.25, -0.2) is 0 Å². The van der Waals surface area contributed by atoms with Crippen molar-refractivity contribution in [3.05, 3.63) is 34.9 Å². The van der Waals surface area contributed by atoms with Crippen LogP contribution >= 0.6 is 0 Å². The van der Waals surface area contributed by atoms with Crippen LogP contribution < -0.4 is 0 Å². The van der Waals surface area contributed by atoms with E-state index in [1.54, 1.807) is 6.08 Å². The number of aliphatic hydroxyl groups excluding tert-OH is 1. The smallest absolute Gasteiger partial charge is 0.156 e. The standard InChI is InChI=1S/C21H24O3/c1-3-20-9-7-15-14-6-5-13(22)11-17(14)19(23)12-16(15)18(20)8-10-21(20,24)4-2/h2,7,9,11,16,18-19,23-24H,3,5-6,8,10,12H2,1H3/t16-,18+,19+,20+,21+/m1/s1. The van der Waals surface area contributed by atoms with Gasteiger partial charge in [0.25, 0.3) is 0 Å². The minimum Gasteiger partial charge on any atom is -0.388 e. The first-order valence-corrected chi connectivity index (χ1v) is 9.01. The predicted molar refractivity (Wildman–Crippen MR) is 91.8 cm³/mol. The van der Waals surface area contributed by atoms with E-state index < -0.39 is 17.1 Å². The summed E-state index contributed by atoms with van der Waals surface area (Å²) < 4.78 is 0. The van der Waals surface area contributed by atoms with Crippen LogP contribution in [0, 0.1) is 29.6 Å². The Bertz CT molecular complexity index is 735.